The Morgan fingerprint density at radius 2 is 1.40 bits per heavy atom. The van der Waals surface area contributed by atoms with Crippen LogP contribution in [0.15, 0.2) is 24.8 Å². The summed E-state index contributed by atoms with van der Waals surface area (Å²) in [5.74, 6) is -1.09. The number of phosphoric acid groups is 3. The van der Waals surface area contributed by atoms with Gasteiger partial charge in [0.25, 0.3) is 0 Å². The standard InChI is InChI=1S/C45H80N7O17P3S/c1-4-5-6-7-8-9-10-11-12-13-14-15-16-17-18-19-20-21-22-23-24-25-36(54)73-29-28-47-35(53)26-27-48-43(57)40(56)45(2,3)31-66-72(63,64)69-71(61,62)65-30-34-39(68-70(58,59)60)38(55)44(67-34)52-33-51-37-41(46)49-32-50-42(37)52/h24-25,32-34,38-40,44,55-56H,4-23,26-31H2,1-3H3,(H,47,53)(H,48,57)(H,61,62)(H,63,64)(H2,46,49,50)(H2,58,59,60)/b25-24+/t34-,38-,39-,40+,44-/m1/s1. The first-order chi connectivity index (χ1) is 34.6. The van der Waals surface area contributed by atoms with Crippen molar-refractivity contribution in [3.63, 3.8) is 0 Å². The zero-order chi connectivity index (χ0) is 53.9. The number of imidazole rings is 1. The number of carbonyl (C=O) groups is 3. The lowest BCUT2D eigenvalue weighted by Crippen LogP contribution is -2.46. The Labute approximate surface area is 432 Å². The van der Waals surface area contributed by atoms with Crippen LogP contribution in [0.25, 0.3) is 11.2 Å². The summed E-state index contributed by atoms with van der Waals surface area (Å²) in [5.41, 5.74) is 4.29. The molecule has 2 amide bonds. The van der Waals surface area contributed by atoms with Crippen molar-refractivity contribution < 1.29 is 80.5 Å². The molecule has 0 aliphatic carbocycles. The number of nitrogens with two attached hydrogens (primary N) is 1. The van der Waals surface area contributed by atoms with Crippen molar-refractivity contribution in [2.45, 2.75) is 186 Å². The number of nitrogens with one attached hydrogen (secondary N) is 2. The molecule has 7 atom stereocenters. The maximum Gasteiger partial charge on any atom is 0.481 e. The number of aliphatic hydroxyl groups excluding tert-OH is 2. The highest BCUT2D eigenvalue weighted by Gasteiger charge is 2.50. The minimum absolute atomic E-state index is 0.0330. The molecule has 0 bridgehead atoms. The van der Waals surface area contributed by atoms with E-state index in [4.69, 9.17) is 19.5 Å². The molecular formula is C45H80N7O17P3S. The highest BCUT2D eigenvalue weighted by molar-refractivity contribution is 8.14. The molecule has 0 radical (unpaired) electrons. The van der Waals surface area contributed by atoms with Crippen molar-refractivity contribution in [3.8, 4) is 0 Å². The van der Waals surface area contributed by atoms with Gasteiger partial charge in [-0.05, 0) is 18.9 Å². The molecule has 10 N–H and O–H groups in total. The molecule has 418 valence electrons. The van der Waals surface area contributed by atoms with E-state index in [0.29, 0.717) is 5.75 Å². The number of aliphatic hydroxyl groups is 2. The van der Waals surface area contributed by atoms with Crippen LogP contribution in [-0.2, 0) is 50.7 Å². The Morgan fingerprint density at radius 1 is 0.836 bits per heavy atom. The third-order valence-corrected chi connectivity index (χ3v) is 15.9. The van der Waals surface area contributed by atoms with Gasteiger partial charge in [-0.2, -0.15) is 4.31 Å². The smallest absolute Gasteiger partial charge is 0.386 e. The number of fused-ring (bicyclic) bond motifs is 1. The second-order valence-corrected chi connectivity index (χ2v) is 24.1. The maximum absolute atomic E-state index is 12.8. The number of thioether (sulfide) groups is 1. The molecule has 2 unspecified atom stereocenters. The molecule has 0 spiro atoms. The fourth-order valence-electron chi connectivity index (χ4n) is 7.85. The second kappa shape index (κ2) is 33.5. The number of nitrogens with zero attached hydrogens (tertiary/aromatic N) is 4. The van der Waals surface area contributed by atoms with Gasteiger partial charge in [0.15, 0.2) is 17.7 Å². The van der Waals surface area contributed by atoms with Gasteiger partial charge in [0.05, 0.1) is 19.5 Å². The molecule has 2 aromatic heterocycles. The molecule has 1 fully saturated rings. The van der Waals surface area contributed by atoms with Crippen LogP contribution in [0.3, 0.4) is 0 Å². The van der Waals surface area contributed by atoms with Crippen molar-refractivity contribution in [1.29, 1.82) is 0 Å². The highest BCUT2D eigenvalue weighted by atomic mass is 32.2. The SMILES string of the molecule is CCCCCCCCCCCCCCCCCCCCC/C=C/C(=O)SCCNC(=O)CCNC(=O)[C@H](O)C(C)(C)COP(=O)(O)OP(=O)(O)OC[C@H]1O[C@@H](n2cnc3c(N)ncnc32)[C@H](O)[C@@H]1OP(=O)(O)O. The molecule has 1 saturated heterocycles. The van der Waals surface area contributed by atoms with Crippen molar-refractivity contribution in [2.75, 3.05) is 37.8 Å². The monoisotopic (exact) mass is 1120 g/mol. The van der Waals surface area contributed by atoms with Crippen LogP contribution in [-0.4, -0.2) is 123 Å². The number of rotatable bonds is 40. The summed E-state index contributed by atoms with van der Waals surface area (Å²) in [6, 6.07) is 0. The first-order valence-corrected chi connectivity index (χ1v) is 30.8. The van der Waals surface area contributed by atoms with Gasteiger partial charge in [-0.15, -0.1) is 0 Å². The summed E-state index contributed by atoms with van der Waals surface area (Å²) >= 11 is 1.07. The largest absolute Gasteiger partial charge is 0.481 e. The summed E-state index contributed by atoms with van der Waals surface area (Å²) in [5, 5.41) is 26.5. The van der Waals surface area contributed by atoms with Gasteiger partial charge in [-0.25, -0.2) is 28.6 Å². The van der Waals surface area contributed by atoms with Gasteiger partial charge >= 0.3 is 23.5 Å². The molecule has 3 rings (SSSR count). The average molecular weight is 1120 g/mol. The molecule has 1 aliphatic heterocycles. The van der Waals surface area contributed by atoms with Gasteiger partial charge in [-0.3, -0.25) is 32.5 Å². The Hall–Kier alpha value is -2.70. The van der Waals surface area contributed by atoms with E-state index in [1.807, 2.05) is 6.08 Å². The number of ether oxygens (including phenoxy) is 1. The van der Waals surface area contributed by atoms with Gasteiger partial charge in [0.1, 0.15) is 36.3 Å². The van der Waals surface area contributed by atoms with Crippen molar-refractivity contribution >= 4 is 69.1 Å². The topological polar surface area (TPSA) is 364 Å². The van der Waals surface area contributed by atoms with Crippen LogP contribution in [0.1, 0.15) is 162 Å². The molecule has 28 heteroatoms. The third-order valence-electron chi connectivity index (χ3n) is 12.0. The average Bonchev–Trinajstić information content (AvgIpc) is 3.88. The number of hydrogen-bond acceptors (Lipinski definition) is 18. The molecule has 2 aromatic rings. The van der Waals surface area contributed by atoms with Crippen LogP contribution in [0, 0.1) is 5.41 Å². The van der Waals surface area contributed by atoms with Crippen LogP contribution in [0.5, 0.6) is 0 Å². The van der Waals surface area contributed by atoms with E-state index >= 15 is 0 Å². The Balaban J connectivity index is 1.24. The lowest BCUT2D eigenvalue weighted by molar-refractivity contribution is -0.137. The number of hydrogen-bond donors (Lipinski definition) is 9. The van der Waals surface area contributed by atoms with E-state index in [1.165, 1.54) is 123 Å². The third kappa shape index (κ3) is 25.8. The number of carbonyl (C=O) groups excluding carboxylic acids is 3. The maximum atomic E-state index is 12.8. The van der Waals surface area contributed by atoms with Crippen LogP contribution >= 0.6 is 35.2 Å². The zero-order valence-electron chi connectivity index (χ0n) is 42.4. The molecule has 73 heavy (non-hydrogen) atoms. The molecule has 0 saturated carbocycles. The zero-order valence-corrected chi connectivity index (χ0v) is 45.9. The summed E-state index contributed by atoms with van der Waals surface area (Å²) < 4.78 is 62.5. The molecule has 1 aliphatic rings. The molecular weight excluding hydrogens is 1040 g/mol. The van der Waals surface area contributed by atoms with E-state index in [0.717, 1.165) is 48.2 Å². The van der Waals surface area contributed by atoms with Gasteiger partial charge < -0.3 is 50.9 Å². The van der Waals surface area contributed by atoms with Gasteiger partial charge in [-0.1, -0.05) is 154 Å². The molecule has 0 aromatic carbocycles. The Bertz CT molecular complexity index is 2150. The quantitative estimate of drug-likeness (QED) is 0.0183. The Morgan fingerprint density at radius 3 is 1.97 bits per heavy atom. The van der Waals surface area contributed by atoms with Crippen molar-refractivity contribution in [2.24, 2.45) is 5.41 Å². The van der Waals surface area contributed by atoms with Gasteiger partial charge in [0.2, 0.25) is 16.9 Å². The number of amides is 2. The van der Waals surface area contributed by atoms with E-state index in [9.17, 15) is 57.9 Å². The number of phosphoric ester groups is 3. The predicted octanol–water partition coefficient (Wildman–Crippen LogP) is 7.04. The number of anilines is 1. The van der Waals surface area contributed by atoms with E-state index in [2.05, 4.69) is 41.3 Å². The fraction of sp³-hybridized carbons (Fsp3) is 0.778. The number of unbranched alkanes of at least 4 members (excludes halogenated alkanes) is 19. The highest BCUT2D eigenvalue weighted by Crippen LogP contribution is 2.61. The second-order valence-electron chi connectivity index (χ2n) is 18.8. The number of aromatic nitrogens is 4. The lowest BCUT2D eigenvalue weighted by atomic mass is 9.87. The summed E-state index contributed by atoms with van der Waals surface area (Å²) in [6.07, 6.45) is 22.5. The van der Waals surface area contributed by atoms with Crippen LogP contribution in [0.4, 0.5) is 5.82 Å². The van der Waals surface area contributed by atoms with E-state index in [-0.39, 0.29) is 41.6 Å². The van der Waals surface area contributed by atoms with Crippen molar-refractivity contribution in [1.82, 2.24) is 30.2 Å². The Kier molecular flexibility index (Phi) is 29.6. The van der Waals surface area contributed by atoms with E-state index in [1.54, 1.807) is 6.08 Å². The fourth-order valence-corrected chi connectivity index (χ4v) is 11.3. The number of allylic oxidation sites excluding steroid dienone is 1. The predicted molar refractivity (Wildman–Crippen MR) is 274 cm³/mol. The first-order valence-electron chi connectivity index (χ1n) is 25.3. The normalized spacial score (nSPS) is 19.5. The summed E-state index contributed by atoms with van der Waals surface area (Å²) in [7, 11) is -16.4. The van der Waals surface area contributed by atoms with Crippen LogP contribution in [0.2, 0.25) is 0 Å². The van der Waals surface area contributed by atoms with Crippen molar-refractivity contribution in [3.05, 3.63) is 24.8 Å². The lowest BCUT2D eigenvalue weighted by Gasteiger charge is -2.30. The molecule has 3 heterocycles. The summed E-state index contributed by atoms with van der Waals surface area (Å²) in [6.45, 7) is 2.79. The summed E-state index contributed by atoms with van der Waals surface area (Å²) in [4.78, 5) is 88.5. The minimum atomic E-state index is -5.58. The van der Waals surface area contributed by atoms with Gasteiger partial charge in [0, 0.05) is 30.7 Å². The van der Waals surface area contributed by atoms with E-state index < -0.39 is 84.6 Å². The minimum Gasteiger partial charge on any atom is -0.386 e. The molecule has 24 nitrogen and oxygen atoms in total. The number of nitrogen functional groups attached to an aromatic ring is 1. The van der Waals surface area contributed by atoms with Crippen LogP contribution < -0.4 is 16.4 Å². The first kappa shape index (κ1) is 64.6.